The van der Waals surface area contributed by atoms with Gasteiger partial charge in [-0.25, -0.2) is 9.59 Å². The van der Waals surface area contributed by atoms with Gasteiger partial charge in [0.1, 0.15) is 6.04 Å². The van der Waals surface area contributed by atoms with E-state index in [2.05, 4.69) is 12.2 Å². The molecule has 1 N–H and O–H groups in total. The van der Waals surface area contributed by atoms with Gasteiger partial charge in [0.2, 0.25) is 0 Å². The van der Waals surface area contributed by atoms with Gasteiger partial charge in [-0.05, 0) is 19.3 Å². The van der Waals surface area contributed by atoms with Crippen molar-refractivity contribution >= 4 is 12.1 Å². The first-order valence-electron chi connectivity index (χ1n) is 9.66. The molecule has 0 bridgehead atoms. The van der Waals surface area contributed by atoms with E-state index < -0.39 is 12.1 Å². The summed E-state index contributed by atoms with van der Waals surface area (Å²) in [5.74, 6) is -0.346. The highest BCUT2D eigenvalue weighted by molar-refractivity contribution is 5.81. The Balaban J connectivity index is 3.95. The van der Waals surface area contributed by atoms with Crippen molar-refractivity contribution in [2.45, 2.75) is 91.5 Å². The van der Waals surface area contributed by atoms with Crippen LogP contribution in [0.15, 0.2) is 0 Å². The van der Waals surface area contributed by atoms with Crippen LogP contribution in [0.4, 0.5) is 4.79 Å². The number of hydrogen-bond acceptors (Lipinski definition) is 4. The molecule has 0 aromatic carbocycles. The number of carbonyl (C=O) groups is 2. The van der Waals surface area contributed by atoms with Gasteiger partial charge in [-0.2, -0.15) is 0 Å². The zero-order valence-corrected chi connectivity index (χ0v) is 16.1. The number of unbranched alkanes of at least 4 members (excludes halogenated alkanes) is 7. The fourth-order valence-corrected chi connectivity index (χ4v) is 2.47. The van der Waals surface area contributed by atoms with Crippen molar-refractivity contribution in [3.05, 3.63) is 0 Å². The lowest BCUT2D eigenvalue weighted by Crippen LogP contribution is -2.46. The minimum Gasteiger partial charge on any atom is -0.464 e. The molecule has 1 unspecified atom stereocenters. The highest BCUT2D eigenvalue weighted by atomic mass is 16.6. The third-order valence-corrected chi connectivity index (χ3v) is 4.26. The molecule has 1 amide bonds. The number of hydrogen-bond donors (Lipinski definition) is 1. The standard InChI is InChI=1S/C19H37NO4/c1-5-8-9-10-11-12-13-14-15-24-18(21)17(16(4)6-2)20-19(22)23-7-3/h16-17H,5-15H2,1-4H3,(H,20,22)/t16?,17-/m0/s1. The molecule has 0 rings (SSSR count). The van der Waals surface area contributed by atoms with Crippen LogP contribution in [0.1, 0.15) is 85.5 Å². The van der Waals surface area contributed by atoms with Crippen molar-refractivity contribution in [1.82, 2.24) is 5.32 Å². The molecule has 0 fully saturated rings. The largest absolute Gasteiger partial charge is 0.464 e. The van der Waals surface area contributed by atoms with Gasteiger partial charge in [-0.3, -0.25) is 0 Å². The number of nitrogens with one attached hydrogen (secondary N) is 1. The third-order valence-electron chi connectivity index (χ3n) is 4.26. The topological polar surface area (TPSA) is 64.6 Å². The number of amides is 1. The number of alkyl carbamates (subject to hydrolysis) is 1. The molecular formula is C19H37NO4. The summed E-state index contributed by atoms with van der Waals surface area (Å²) in [4.78, 5) is 23.8. The predicted molar refractivity (Wildman–Crippen MR) is 97.0 cm³/mol. The lowest BCUT2D eigenvalue weighted by molar-refractivity contribution is -0.147. The Bertz CT molecular complexity index is 333. The van der Waals surface area contributed by atoms with E-state index in [1.165, 1.54) is 38.5 Å². The molecule has 5 heteroatoms. The Hall–Kier alpha value is -1.26. The minimum absolute atomic E-state index is 0.0143. The van der Waals surface area contributed by atoms with Crippen molar-refractivity contribution in [2.75, 3.05) is 13.2 Å². The molecule has 0 aromatic rings. The van der Waals surface area contributed by atoms with Crippen LogP contribution < -0.4 is 5.32 Å². The summed E-state index contributed by atoms with van der Waals surface area (Å²) in [5, 5.41) is 2.61. The van der Waals surface area contributed by atoms with Gasteiger partial charge in [0.05, 0.1) is 13.2 Å². The maximum Gasteiger partial charge on any atom is 0.407 e. The Morgan fingerprint density at radius 1 is 0.875 bits per heavy atom. The SMILES string of the molecule is CCCCCCCCCCOC(=O)[C@@H](NC(=O)OCC)C(C)CC. The van der Waals surface area contributed by atoms with Gasteiger partial charge in [-0.15, -0.1) is 0 Å². The summed E-state index contributed by atoms with van der Waals surface area (Å²) >= 11 is 0. The predicted octanol–water partition coefficient (Wildman–Crippen LogP) is 4.83. The van der Waals surface area contributed by atoms with Crippen molar-refractivity contribution in [2.24, 2.45) is 5.92 Å². The smallest absolute Gasteiger partial charge is 0.407 e. The first-order valence-corrected chi connectivity index (χ1v) is 9.66. The zero-order chi connectivity index (χ0) is 18.2. The van der Waals surface area contributed by atoms with E-state index in [0.29, 0.717) is 6.61 Å². The Morgan fingerprint density at radius 2 is 1.46 bits per heavy atom. The van der Waals surface area contributed by atoms with Crippen LogP contribution in [-0.2, 0) is 14.3 Å². The monoisotopic (exact) mass is 343 g/mol. The van der Waals surface area contributed by atoms with Crippen LogP contribution in [0.2, 0.25) is 0 Å². The molecule has 0 aliphatic heterocycles. The van der Waals surface area contributed by atoms with Crippen LogP contribution >= 0.6 is 0 Å². The number of carbonyl (C=O) groups excluding carboxylic acids is 2. The first kappa shape index (κ1) is 22.7. The third kappa shape index (κ3) is 11.3. The second-order valence-corrected chi connectivity index (χ2v) is 6.37. The van der Waals surface area contributed by atoms with E-state index in [0.717, 1.165) is 19.3 Å². The maximum atomic E-state index is 12.2. The Morgan fingerprint density at radius 3 is 2.00 bits per heavy atom. The molecular weight excluding hydrogens is 306 g/mol. The highest BCUT2D eigenvalue weighted by Gasteiger charge is 2.27. The van der Waals surface area contributed by atoms with Gasteiger partial charge in [0.15, 0.2) is 0 Å². The normalized spacial score (nSPS) is 13.2. The van der Waals surface area contributed by atoms with Crippen LogP contribution in [0.5, 0.6) is 0 Å². The maximum absolute atomic E-state index is 12.2. The van der Waals surface area contributed by atoms with Crippen molar-refractivity contribution in [3.63, 3.8) is 0 Å². The number of rotatable bonds is 14. The molecule has 0 saturated carbocycles. The minimum atomic E-state index is -0.636. The lowest BCUT2D eigenvalue weighted by atomic mass is 9.99. The molecule has 5 nitrogen and oxygen atoms in total. The van der Waals surface area contributed by atoms with Gasteiger partial charge in [-0.1, -0.05) is 72.1 Å². The molecule has 0 aliphatic rings. The molecule has 142 valence electrons. The Labute approximate surface area is 147 Å². The van der Waals surface area contributed by atoms with Crippen LogP contribution in [0.25, 0.3) is 0 Å². The van der Waals surface area contributed by atoms with E-state index in [1.807, 2.05) is 13.8 Å². The molecule has 0 aromatic heterocycles. The summed E-state index contributed by atoms with van der Waals surface area (Å²) in [5.41, 5.74) is 0. The fourth-order valence-electron chi connectivity index (χ4n) is 2.47. The fraction of sp³-hybridized carbons (Fsp3) is 0.895. The quantitative estimate of drug-likeness (QED) is 0.362. The van der Waals surface area contributed by atoms with Gasteiger partial charge in [0.25, 0.3) is 0 Å². The van der Waals surface area contributed by atoms with E-state index in [4.69, 9.17) is 9.47 Å². The highest BCUT2D eigenvalue weighted by Crippen LogP contribution is 2.11. The summed E-state index contributed by atoms with van der Waals surface area (Å²) in [7, 11) is 0. The van der Waals surface area contributed by atoms with E-state index in [-0.39, 0.29) is 18.5 Å². The Kier molecular flexibility index (Phi) is 14.5. The van der Waals surface area contributed by atoms with E-state index >= 15 is 0 Å². The summed E-state index contributed by atoms with van der Waals surface area (Å²) < 4.78 is 10.2. The molecule has 0 radical (unpaired) electrons. The summed E-state index contributed by atoms with van der Waals surface area (Å²) in [6.45, 7) is 8.57. The molecule has 24 heavy (non-hydrogen) atoms. The van der Waals surface area contributed by atoms with Crippen LogP contribution in [0.3, 0.4) is 0 Å². The average Bonchev–Trinajstić information content (AvgIpc) is 2.57. The molecule has 0 heterocycles. The average molecular weight is 344 g/mol. The summed E-state index contributed by atoms with van der Waals surface area (Å²) in [6.07, 6.45) is 9.84. The summed E-state index contributed by atoms with van der Waals surface area (Å²) in [6, 6.07) is -0.636. The number of esters is 1. The second-order valence-electron chi connectivity index (χ2n) is 6.37. The van der Waals surface area contributed by atoms with Crippen molar-refractivity contribution in [1.29, 1.82) is 0 Å². The van der Waals surface area contributed by atoms with E-state index in [1.54, 1.807) is 6.92 Å². The van der Waals surface area contributed by atoms with Crippen LogP contribution in [0, 0.1) is 5.92 Å². The molecule has 0 aliphatic carbocycles. The van der Waals surface area contributed by atoms with Gasteiger partial charge >= 0.3 is 12.1 Å². The van der Waals surface area contributed by atoms with Gasteiger partial charge in [0, 0.05) is 0 Å². The van der Waals surface area contributed by atoms with E-state index in [9.17, 15) is 9.59 Å². The van der Waals surface area contributed by atoms with Crippen molar-refractivity contribution in [3.8, 4) is 0 Å². The first-order chi connectivity index (χ1) is 11.6. The second kappa shape index (κ2) is 15.3. The molecule has 2 atom stereocenters. The zero-order valence-electron chi connectivity index (χ0n) is 16.1. The molecule has 0 saturated heterocycles. The molecule has 0 spiro atoms. The van der Waals surface area contributed by atoms with Crippen molar-refractivity contribution < 1.29 is 19.1 Å². The van der Waals surface area contributed by atoms with Crippen LogP contribution in [-0.4, -0.2) is 31.3 Å². The number of ether oxygens (including phenoxy) is 2. The lowest BCUT2D eigenvalue weighted by Gasteiger charge is -2.22. The van der Waals surface area contributed by atoms with Gasteiger partial charge < -0.3 is 14.8 Å².